The fraction of sp³-hybridized carbons (Fsp3) is 0.381. The molecule has 6 nitrogen and oxygen atoms in total. The fourth-order valence-corrected chi connectivity index (χ4v) is 4.39. The van der Waals surface area contributed by atoms with Crippen molar-refractivity contribution in [2.24, 2.45) is 0 Å². The summed E-state index contributed by atoms with van der Waals surface area (Å²) in [5.74, 6) is -0.613. The van der Waals surface area contributed by atoms with E-state index in [-0.39, 0.29) is 5.91 Å². The predicted molar refractivity (Wildman–Crippen MR) is 123 cm³/mol. The van der Waals surface area contributed by atoms with E-state index >= 15 is 0 Å². The molecule has 0 saturated heterocycles. The molecule has 0 aliphatic rings. The van der Waals surface area contributed by atoms with Gasteiger partial charge in [-0.2, -0.15) is 0 Å². The average molecular weight is 434 g/mol. The molecule has 0 fully saturated rings. The summed E-state index contributed by atoms with van der Waals surface area (Å²) < 4.78 is 4.94. The highest BCUT2D eigenvalue weighted by Gasteiger charge is 2.27. The molecule has 1 amide bonds. The predicted octanol–water partition coefficient (Wildman–Crippen LogP) is 4.75. The zero-order valence-electron chi connectivity index (χ0n) is 17.6. The molecule has 0 saturated carbocycles. The number of hydrogen-bond donors (Lipinski definition) is 2. The van der Waals surface area contributed by atoms with Crippen LogP contribution in [0.3, 0.4) is 0 Å². The van der Waals surface area contributed by atoms with Crippen molar-refractivity contribution in [2.75, 3.05) is 30.8 Å². The number of rotatable bonds is 6. The molecule has 2 rings (SSSR count). The Bertz CT molecular complexity index is 933. The third-order valence-electron chi connectivity index (χ3n) is 4.86. The lowest BCUT2D eigenvalue weighted by molar-refractivity contribution is 0.0601. The van der Waals surface area contributed by atoms with Gasteiger partial charge in [-0.1, -0.05) is 12.1 Å². The smallest absolute Gasteiger partial charge is 0.341 e. The van der Waals surface area contributed by atoms with E-state index in [1.807, 2.05) is 45.9 Å². The van der Waals surface area contributed by atoms with Crippen LogP contribution in [-0.2, 0) is 4.74 Å². The zero-order valence-corrected chi connectivity index (χ0v) is 19.3. The Labute approximate surface area is 181 Å². The summed E-state index contributed by atoms with van der Waals surface area (Å²) in [4.78, 5) is 27.5. The van der Waals surface area contributed by atoms with Crippen molar-refractivity contribution in [3.05, 3.63) is 45.3 Å². The number of benzene rings is 1. The topological polar surface area (TPSA) is 70.7 Å². The van der Waals surface area contributed by atoms with Crippen LogP contribution in [0.15, 0.2) is 18.2 Å². The maximum Gasteiger partial charge on any atom is 0.341 e. The standard InChI is InChI=1S/C21H27N3O3S2/c1-7-24(8-2)19(25)17-14(5)16(20(26)27-6)18(29-17)23-21(28)22-15-11-9-10-12(3)13(15)4/h9-11H,7-8H2,1-6H3,(H2,22,23,28). The first kappa shape index (κ1) is 22.8. The number of esters is 1. The number of thiocarbonyl (C=S) groups is 1. The minimum atomic E-state index is -0.505. The monoisotopic (exact) mass is 433 g/mol. The number of nitrogens with one attached hydrogen (secondary N) is 2. The lowest BCUT2D eigenvalue weighted by Gasteiger charge is -2.18. The Hall–Kier alpha value is -2.45. The normalized spacial score (nSPS) is 10.4. The number of hydrogen-bond acceptors (Lipinski definition) is 5. The number of carbonyl (C=O) groups is 2. The third-order valence-corrected chi connectivity index (χ3v) is 6.26. The van der Waals surface area contributed by atoms with Gasteiger partial charge in [-0.15, -0.1) is 11.3 Å². The van der Waals surface area contributed by atoms with Gasteiger partial charge in [0.2, 0.25) is 0 Å². The molecule has 156 valence electrons. The summed E-state index contributed by atoms with van der Waals surface area (Å²) in [6.07, 6.45) is 0. The number of methoxy groups -OCH3 is 1. The minimum Gasteiger partial charge on any atom is -0.465 e. The number of anilines is 2. The summed E-state index contributed by atoms with van der Waals surface area (Å²) in [5.41, 5.74) is 4.04. The van der Waals surface area contributed by atoms with E-state index in [0.29, 0.717) is 39.2 Å². The highest BCUT2D eigenvalue weighted by Crippen LogP contribution is 2.34. The van der Waals surface area contributed by atoms with Crippen LogP contribution in [0.5, 0.6) is 0 Å². The summed E-state index contributed by atoms with van der Waals surface area (Å²) in [5, 5.41) is 7.08. The Kier molecular flexibility index (Phi) is 7.75. The molecule has 8 heteroatoms. The average Bonchev–Trinajstić information content (AvgIpc) is 3.01. The van der Waals surface area contributed by atoms with Crippen LogP contribution in [0, 0.1) is 20.8 Å². The molecule has 0 unspecified atom stereocenters. The Morgan fingerprint density at radius 1 is 1.10 bits per heavy atom. The van der Waals surface area contributed by atoms with Gasteiger partial charge in [-0.3, -0.25) is 4.79 Å². The molecule has 1 aromatic heterocycles. The maximum atomic E-state index is 12.9. The number of ether oxygens (including phenoxy) is 1. The molecule has 0 atom stereocenters. The first-order chi connectivity index (χ1) is 13.7. The SMILES string of the molecule is CCN(CC)C(=O)c1sc(NC(=S)Nc2cccc(C)c2C)c(C(=O)OC)c1C. The second-order valence-corrected chi connectivity index (χ2v) is 7.98. The number of carbonyl (C=O) groups excluding carboxylic acids is 2. The van der Waals surface area contributed by atoms with E-state index in [1.165, 1.54) is 18.4 Å². The summed E-state index contributed by atoms with van der Waals surface area (Å²) in [6, 6.07) is 5.91. The van der Waals surface area contributed by atoms with Gasteiger partial charge in [0.1, 0.15) is 5.00 Å². The second-order valence-electron chi connectivity index (χ2n) is 6.56. The van der Waals surface area contributed by atoms with Crippen LogP contribution in [0.1, 0.15) is 50.6 Å². The van der Waals surface area contributed by atoms with E-state index in [2.05, 4.69) is 10.6 Å². The fourth-order valence-electron chi connectivity index (χ4n) is 2.95. The van der Waals surface area contributed by atoms with Crippen molar-refractivity contribution >= 4 is 51.2 Å². The van der Waals surface area contributed by atoms with Crippen molar-refractivity contribution < 1.29 is 14.3 Å². The summed E-state index contributed by atoms with van der Waals surface area (Å²) in [7, 11) is 1.32. The van der Waals surface area contributed by atoms with Crippen molar-refractivity contribution in [2.45, 2.75) is 34.6 Å². The molecule has 0 spiro atoms. The van der Waals surface area contributed by atoms with Crippen LogP contribution in [0.4, 0.5) is 10.7 Å². The van der Waals surface area contributed by atoms with Gasteiger partial charge in [0.25, 0.3) is 5.91 Å². The van der Waals surface area contributed by atoms with Crippen LogP contribution in [-0.4, -0.2) is 42.1 Å². The summed E-state index contributed by atoms with van der Waals surface area (Å²) >= 11 is 6.67. The molecular formula is C21H27N3O3S2. The molecule has 0 radical (unpaired) electrons. The van der Waals surface area contributed by atoms with E-state index in [9.17, 15) is 9.59 Å². The highest BCUT2D eigenvalue weighted by molar-refractivity contribution is 7.80. The van der Waals surface area contributed by atoms with E-state index in [1.54, 1.807) is 11.8 Å². The lowest BCUT2D eigenvalue weighted by atomic mass is 10.1. The second kappa shape index (κ2) is 9.84. The van der Waals surface area contributed by atoms with Crippen molar-refractivity contribution in [3.8, 4) is 0 Å². The lowest BCUT2D eigenvalue weighted by Crippen LogP contribution is -2.30. The van der Waals surface area contributed by atoms with Crippen LogP contribution in [0.25, 0.3) is 0 Å². The van der Waals surface area contributed by atoms with Crippen LogP contribution >= 0.6 is 23.6 Å². The molecule has 1 aromatic carbocycles. The van der Waals surface area contributed by atoms with Gasteiger partial charge in [0, 0.05) is 18.8 Å². The Balaban J connectivity index is 2.37. The maximum absolute atomic E-state index is 12.9. The van der Waals surface area contributed by atoms with Gasteiger partial charge < -0.3 is 20.3 Å². The first-order valence-corrected chi connectivity index (χ1v) is 10.6. The molecule has 2 aromatic rings. The molecule has 29 heavy (non-hydrogen) atoms. The van der Waals surface area contributed by atoms with Gasteiger partial charge in [-0.25, -0.2) is 4.79 Å². The van der Waals surface area contributed by atoms with Gasteiger partial charge in [-0.05, 0) is 69.6 Å². The molecule has 0 aliphatic heterocycles. The van der Waals surface area contributed by atoms with E-state index in [0.717, 1.165) is 16.8 Å². The zero-order chi connectivity index (χ0) is 21.7. The first-order valence-electron chi connectivity index (χ1n) is 9.40. The third kappa shape index (κ3) is 4.94. The largest absolute Gasteiger partial charge is 0.465 e. The number of nitrogens with zero attached hydrogens (tertiary/aromatic N) is 1. The van der Waals surface area contributed by atoms with E-state index < -0.39 is 5.97 Å². The molecule has 0 bridgehead atoms. The molecular weight excluding hydrogens is 406 g/mol. The Morgan fingerprint density at radius 2 is 1.76 bits per heavy atom. The highest BCUT2D eigenvalue weighted by atomic mass is 32.1. The number of aryl methyl sites for hydroxylation is 1. The van der Waals surface area contributed by atoms with Crippen molar-refractivity contribution in [1.82, 2.24) is 4.90 Å². The number of thiophene rings is 1. The van der Waals surface area contributed by atoms with Crippen molar-refractivity contribution in [3.63, 3.8) is 0 Å². The molecule has 1 heterocycles. The van der Waals surface area contributed by atoms with E-state index in [4.69, 9.17) is 17.0 Å². The minimum absolute atomic E-state index is 0.107. The van der Waals surface area contributed by atoms with Gasteiger partial charge in [0.05, 0.1) is 17.6 Å². The number of amides is 1. The Morgan fingerprint density at radius 3 is 2.34 bits per heavy atom. The van der Waals surface area contributed by atoms with Crippen LogP contribution < -0.4 is 10.6 Å². The van der Waals surface area contributed by atoms with Gasteiger partial charge in [0.15, 0.2) is 5.11 Å². The quantitative estimate of drug-likeness (QED) is 0.506. The molecule has 2 N–H and O–H groups in total. The molecule has 0 aliphatic carbocycles. The van der Waals surface area contributed by atoms with Gasteiger partial charge >= 0.3 is 5.97 Å². The van der Waals surface area contributed by atoms with Crippen LogP contribution in [0.2, 0.25) is 0 Å². The summed E-state index contributed by atoms with van der Waals surface area (Å²) in [6.45, 7) is 10.8. The van der Waals surface area contributed by atoms with Crippen molar-refractivity contribution in [1.29, 1.82) is 0 Å².